The number of amides is 1. The molecular formula is C20H23N3O3. The monoisotopic (exact) mass is 353 g/mol. The second kappa shape index (κ2) is 7.64. The zero-order valence-corrected chi connectivity index (χ0v) is 15.1. The molecule has 0 unspecified atom stereocenters. The van der Waals surface area contributed by atoms with Gasteiger partial charge in [0.25, 0.3) is 5.56 Å². The van der Waals surface area contributed by atoms with Gasteiger partial charge in [0.15, 0.2) is 5.78 Å². The van der Waals surface area contributed by atoms with E-state index < -0.39 is 0 Å². The van der Waals surface area contributed by atoms with Crippen LogP contribution in [0.15, 0.2) is 35.1 Å². The van der Waals surface area contributed by atoms with Crippen LogP contribution in [-0.4, -0.2) is 39.6 Å². The van der Waals surface area contributed by atoms with Crippen LogP contribution < -0.4 is 5.56 Å². The molecule has 2 heterocycles. The summed E-state index contributed by atoms with van der Waals surface area (Å²) in [5.74, 6) is 0.296. The van der Waals surface area contributed by atoms with E-state index in [4.69, 9.17) is 0 Å². The number of hydrogen-bond acceptors (Lipinski definition) is 4. The summed E-state index contributed by atoms with van der Waals surface area (Å²) in [4.78, 5) is 46.1. The summed E-state index contributed by atoms with van der Waals surface area (Å²) < 4.78 is 0. The highest BCUT2D eigenvalue weighted by Gasteiger charge is 2.29. The molecule has 136 valence electrons. The van der Waals surface area contributed by atoms with Gasteiger partial charge >= 0.3 is 0 Å². The maximum atomic E-state index is 12.7. The highest BCUT2D eigenvalue weighted by molar-refractivity contribution is 5.98. The highest BCUT2D eigenvalue weighted by atomic mass is 16.2. The number of carbonyl (C=O) groups is 2. The number of benzene rings is 1. The molecule has 1 aliphatic rings. The van der Waals surface area contributed by atoms with Gasteiger partial charge in [-0.25, -0.2) is 4.98 Å². The van der Waals surface area contributed by atoms with Gasteiger partial charge in [0.05, 0.1) is 6.42 Å². The predicted molar refractivity (Wildman–Crippen MR) is 98.1 cm³/mol. The fourth-order valence-electron chi connectivity index (χ4n) is 3.48. The van der Waals surface area contributed by atoms with Gasteiger partial charge in [0, 0.05) is 35.8 Å². The number of Topliss-reactive ketones (excluding diaryl/α,β-unsaturated/α-hetero) is 1. The number of aryl methyl sites for hydroxylation is 2. The molecule has 0 spiro atoms. The van der Waals surface area contributed by atoms with Crippen molar-refractivity contribution in [1.82, 2.24) is 14.9 Å². The second-order valence-electron chi connectivity index (χ2n) is 6.80. The van der Waals surface area contributed by atoms with Crippen molar-refractivity contribution in [1.29, 1.82) is 0 Å². The summed E-state index contributed by atoms with van der Waals surface area (Å²) in [6, 6.07) is 9.19. The topological polar surface area (TPSA) is 83.1 Å². The van der Waals surface area contributed by atoms with Crippen LogP contribution in [0.1, 0.15) is 40.3 Å². The average molecular weight is 353 g/mol. The van der Waals surface area contributed by atoms with E-state index in [0.717, 1.165) is 12.8 Å². The van der Waals surface area contributed by atoms with Crippen LogP contribution >= 0.6 is 0 Å². The molecule has 1 fully saturated rings. The molecule has 0 saturated carbocycles. The summed E-state index contributed by atoms with van der Waals surface area (Å²) in [6.45, 7) is 4.48. The Morgan fingerprint density at radius 3 is 2.65 bits per heavy atom. The van der Waals surface area contributed by atoms with Crippen LogP contribution in [0.25, 0.3) is 0 Å². The Morgan fingerprint density at radius 1 is 1.23 bits per heavy atom. The lowest BCUT2D eigenvalue weighted by Crippen LogP contribution is -2.43. The Labute approximate surface area is 152 Å². The third-order valence-corrected chi connectivity index (χ3v) is 4.87. The normalized spacial score (nSPS) is 17.2. The first kappa shape index (κ1) is 18.0. The van der Waals surface area contributed by atoms with Crippen LogP contribution in [-0.2, 0) is 11.2 Å². The van der Waals surface area contributed by atoms with Crippen molar-refractivity contribution in [3.63, 3.8) is 0 Å². The first-order chi connectivity index (χ1) is 12.5. The summed E-state index contributed by atoms with van der Waals surface area (Å²) in [5.41, 5.74) is 1.39. The van der Waals surface area contributed by atoms with Gasteiger partial charge in [0.2, 0.25) is 5.91 Å². The zero-order chi connectivity index (χ0) is 18.7. The van der Waals surface area contributed by atoms with E-state index in [1.165, 1.54) is 0 Å². The maximum Gasteiger partial charge on any atom is 0.254 e. The molecule has 1 atom stereocenters. The molecular weight excluding hydrogens is 330 g/mol. The largest absolute Gasteiger partial charge is 0.342 e. The molecule has 0 bridgehead atoms. The number of nitrogens with one attached hydrogen (secondary N) is 1. The smallest absolute Gasteiger partial charge is 0.254 e. The minimum Gasteiger partial charge on any atom is -0.342 e. The number of hydrogen-bond donors (Lipinski definition) is 1. The van der Waals surface area contributed by atoms with Crippen molar-refractivity contribution >= 4 is 11.7 Å². The van der Waals surface area contributed by atoms with Crippen molar-refractivity contribution in [3.8, 4) is 0 Å². The molecule has 6 nitrogen and oxygen atoms in total. The molecule has 6 heteroatoms. The lowest BCUT2D eigenvalue weighted by Gasteiger charge is -2.32. The molecule has 2 aromatic rings. The van der Waals surface area contributed by atoms with Crippen molar-refractivity contribution in [3.05, 3.63) is 63.3 Å². The lowest BCUT2D eigenvalue weighted by atomic mass is 9.90. The van der Waals surface area contributed by atoms with E-state index in [1.807, 2.05) is 30.3 Å². The Hall–Kier alpha value is -2.76. The molecule has 1 saturated heterocycles. The van der Waals surface area contributed by atoms with E-state index >= 15 is 0 Å². The number of nitrogens with zero attached hydrogens (tertiary/aromatic N) is 2. The third-order valence-electron chi connectivity index (χ3n) is 4.87. The number of rotatable bonds is 4. The van der Waals surface area contributed by atoms with Gasteiger partial charge < -0.3 is 9.88 Å². The molecule has 0 radical (unpaired) electrons. The van der Waals surface area contributed by atoms with E-state index in [9.17, 15) is 14.4 Å². The van der Waals surface area contributed by atoms with Gasteiger partial charge in [-0.1, -0.05) is 30.3 Å². The van der Waals surface area contributed by atoms with Crippen LogP contribution in [0.3, 0.4) is 0 Å². The summed E-state index contributed by atoms with van der Waals surface area (Å²) in [6.07, 6.45) is 1.58. The van der Waals surface area contributed by atoms with Gasteiger partial charge in [0.1, 0.15) is 5.82 Å². The number of aromatic amines is 1. The van der Waals surface area contributed by atoms with Crippen LogP contribution in [0.2, 0.25) is 0 Å². The minimum absolute atomic E-state index is 0.0146. The first-order valence-corrected chi connectivity index (χ1v) is 8.89. The Balaban J connectivity index is 1.71. The number of likely N-dealkylation sites (tertiary alicyclic amines) is 1. The minimum atomic E-state index is -0.266. The first-order valence-electron chi connectivity index (χ1n) is 8.89. The summed E-state index contributed by atoms with van der Waals surface area (Å²) in [7, 11) is 0. The quantitative estimate of drug-likeness (QED) is 0.853. The van der Waals surface area contributed by atoms with Crippen molar-refractivity contribution in [2.24, 2.45) is 5.92 Å². The Kier molecular flexibility index (Phi) is 5.30. The molecule has 1 N–H and O–H groups in total. The maximum absolute atomic E-state index is 12.7. The molecule has 3 rings (SSSR count). The third kappa shape index (κ3) is 3.90. The number of aromatic nitrogens is 2. The molecule has 1 aromatic carbocycles. The summed E-state index contributed by atoms with van der Waals surface area (Å²) in [5, 5.41) is 0. The summed E-state index contributed by atoms with van der Waals surface area (Å²) >= 11 is 0. The molecule has 1 aliphatic heterocycles. The molecule has 1 amide bonds. The van der Waals surface area contributed by atoms with Crippen LogP contribution in [0.5, 0.6) is 0 Å². The molecule has 0 aliphatic carbocycles. The SMILES string of the molecule is Cc1nc(C)c(CC(=O)N2CCC[C@H](C(=O)c3ccccc3)C2)c(=O)[nH]1. The van der Waals surface area contributed by atoms with Crippen molar-refractivity contribution < 1.29 is 9.59 Å². The van der Waals surface area contributed by atoms with E-state index in [0.29, 0.717) is 35.7 Å². The number of ketones is 1. The van der Waals surface area contributed by atoms with Crippen molar-refractivity contribution in [2.45, 2.75) is 33.1 Å². The Bertz CT molecular complexity index is 874. The van der Waals surface area contributed by atoms with Crippen LogP contribution in [0.4, 0.5) is 0 Å². The van der Waals surface area contributed by atoms with E-state index in [2.05, 4.69) is 9.97 Å². The number of carbonyl (C=O) groups excluding carboxylic acids is 2. The highest BCUT2D eigenvalue weighted by Crippen LogP contribution is 2.21. The van der Waals surface area contributed by atoms with Crippen LogP contribution in [0, 0.1) is 19.8 Å². The van der Waals surface area contributed by atoms with Gasteiger partial charge in [-0.15, -0.1) is 0 Å². The van der Waals surface area contributed by atoms with Gasteiger partial charge in [-0.05, 0) is 26.7 Å². The fraction of sp³-hybridized carbons (Fsp3) is 0.400. The lowest BCUT2D eigenvalue weighted by molar-refractivity contribution is -0.131. The van der Waals surface area contributed by atoms with Crippen molar-refractivity contribution in [2.75, 3.05) is 13.1 Å². The van der Waals surface area contributed by atoms with E-state index in [-0.39, 0.29) is 29.6 Å². The molecule has 1 aromatic heterocycles. The Morgan fingerprint density at radius 2 is 1.96 bits per heavy atom. The molecule has 26 heavy (non-hydrogen) atoms. The zero-order valence-electron chi connectivity index (χ0n) is 15.1. The van der Waals surface area contributed by atoms with E-state index in [1.54, 1.807) is 18.7 Å². The average Bonchev–Trinajstić information content (AvgIpc) is 2.64. The second-order valence-corrected chi connectivity index (χ2v) is 6.80. The fourth-order valence-corrected chi connectivity index (χ4v) is 3.48. The standard InChI is InChI=1S/C20H23N3O3/c1-13-17(20(26)22-14(2)21-13)11-18(24)23-10-6-9-16(12-23)19(25)15-7-4-3-5-8-15/h3-5,7-8,16H,6,9-12H2,1-2H3,(H,21,22,26)/t16-/m0/s1. The van der Waals surface area contributed by atoms with Gasteiger partial charge in [-0.2, -0.15) is 0 Å². The predicted octanol–water partition coefficient (Wildman–Crippen LogP) is 2.05. The van der Waals surface area contributed by atoms with Gasteiger partial charge in [-0.3, -0.25) is 14.4 Å². The number of piperidine rings is 1. The number of H-pyrrole nitrogens is 1.